The van der Waals surface area contributed by atoms with Crippen LogP contribution in [0.4, 0.5) is 16.3 Å². The number of nitrogens with one attached hydrogen (secondary N) is 3. The first-order valence-electron chi connectivity index (χ1n) is 8.09. The van der Waals surface area contributed by atoms with Gasteiger partial charge in [0, 0.05) is 23.6 Å². The van der Waals surface area contributed by atoms with E-state index in [2.05, 4.69) is 25.8 Å². The Labute approximate surface area is 149 Å². The van der Waals surface area contributed by atoms with Crippen LogP contribution in [0.3, 0.4) is 0 Å². The number of rotatable bonds is 3. The first-order valence-corrected chi connectivity index (χ1v) is 8.09. The van der Waals surface area contributed by atoms with Gasteiger partial charge in [0.2, 0.25) is 0 Å². The second kappa shape index (κ2) is 6.67. The molecule has 1 aliphatic rings. The minimum absolute atomic E-state index is 0.203. The van der Waals surface area contributed by atoms with Crippen molar-refractivity contribution in [2.75, 3.05) is 10.6 Å². The highest BCUT2D eigenvalue weighted by Crippen LogP contribution is 2.27. The van der Waals surface area contributed by atoms with Crippen molar-refractivity contribution in [2.45, 2.75) is 13.1 Å². The number of anilines is 2. The number of hydrogen-bond donors (Lipinski definition) is 3. The third kappa shape index (κ3) is 3.12. The average Bonchev–Trinajstić information content (AvgIpc) is 3.25. The fraction of sp³-hybridized carbons (Fsp3) is 0.111. The topological polar surface area (TPSA) is 103 Å². The lowest BCUT2D eigenvalue weighted by atomic mass is 10.2. The molecule has 0 aliphatic carbocycles. The molecule has 0 spiro atoms. The highest BCUT2D eigenvalue weighted by atomic mass is 16.2. The van der Waals surface area contributed by atoms with Gasteiger partial charge < -0.3 is 15.5 Å². The van der Waals surface area contributed by atoms with Crippen molar-refractivity contribution in [3.8, 4) is 0 Å². The molecule has 1 aliphatic heterocycles. The number of aromatic nitrogens is 3. The Morgan fingerprint density at radius 2 is 1.88 bits per heavy atom. The van der Waals surface area contributed by atoms with Gasteiger partial charge in [0.05, 0.1) is 24.3 Å². The monoisotopic (exact) mass is 348 g/mol. The fourth-order valence-electron chi connectivity index (χ4n) is 2.79. The number of hydrogen-bond acceptors (Lipinski definition) is 4. The summed E-state index contributed by atoms with van der Waals surface area (Å²) in [5.41, 5.74) is 2.80. The van der Waals surface area contributed by atoms with Gasteiger partial charge in [-0.3, -0.25) is 14.9 Å². The zero-order chi connectivity index (χ0) is 17.9. The average molecular weight is 348 g/mol. The normalized spacial score (nSPS) is 12.5. The Balaban J connectivity index is 1.44. The van der Waals surface area contributed by atoms with Gasteiger partial charge in [-0.15, -0.1) is 0 Å². The summed E-state index contributed by atoms with van der Waals surface area (Å²) in [6.45, 7) is 0.775. The molecule has 0 bridgehead atoms. The first kappa shape index (κ1) is 15.8. The molecular weight excluding hydrogens is 332 g/mol. The van der Waals surface area contributed by atoms with Gasteiger partial charge in [-0.2, -0.15) is 5.10 Å². The molecule has 3 amide bonds. The summed E-state index contributed by atoms with van der Waals surface area (Å²) >= 11 is 0. The lowest BCUT2D eigenvalue weighted by molar-refractivity contribution is 0.102. The smallest absolute Gasteiger partial charge is 0.314 e. The zero-order valence-electron chi connectivity index (χ0n) is 13.8. The van der Waals surface area contributed by atoms with Crippen LogP contribution in [-0.4, -0.2) is 32.0 Å². The third-order valence-corrected chi connectivity index (χ3v) is 4.12. The number of carbonyl (C=O) groups excluding carboxylic acids is 2. The summed E-state index contributed by atoms with van der Waals surface area (Å²) in [5.74, 6) is 0.142. The molecule has 0 unspecified atom stereocenters. The molecule has 2 aromatic heterocycles. The molecule has 8 nitrogen and oxygen atoms in total. The van der Waals surface area contributed by atoms with Crippen LogP contribution in [0.1, 0.15) is 21.6 Å². The van der Waals surface area contributed by atoms with E-state index in [1.54, 1.807) is 23.2 Å². The Hall–Kier alpha value is -3.68. The van der Waals surface area contributed by atoms with E-state index >= 15 is 0 Å². The van der Waals surface area contributed by atoms with Crippen LogP contribution >= 0.6 is 0 Å². The molecule has 0 atom stereocenters. The number of urea groups is 1. The maximum absolute atomic E-state index is 12.4. The number of para-hydroxylation sites is 1. The predicted octanol–water partition coefficient (Wildman–Crippen LogP) is 2.60. The van der Waals surface area contributed by atoms with Gasteiger partial charge in [-0.05, 0) is 24.3 Å². The van der Waals surface area contributed by atoms with E-state index < -0.39 is 0 Å². The Morgan fingerprint density at radius 3 is 2.65 bits per heavy atom. The second-order valence-electron chi connectivity index (χ2n) is 5.88. The van der Waals surface area contributed by atoms with Crippen molar-refractivity contribution in [2.24, 2.45) is 0 Å². The van der Waals surface area contributed by atoms with Crippen molar-refractivity contribution >= 4 is 23.4 Å². The number of benzene rings is 1. The zero-order valence-corrected chi connectivity index (χ0v) is 13.8. The minimum atomic E-state index is -0.292. The Kier molecular flexibility index (Phi) is 4.06. The van der Waals surface area contributed by atoms with E-state index in [-0.39, 0.29) is 11.9 Å². The van der Waals surface area contributed by atoms with Crippen molar-refractivity contribution in [3.05, 3.63) is 71.7 Å². The number of carbonyl (C=O) groups is 2. The maximum Gasteiger partial charge on any atom is 0.322 e. The van der Waals surface area contributed by atoms with E-state index in [0.29, 0.717) is 24.5 Å². The Bertz CT molecular complexity index is 939. The quantitative estimate of drug-likeness (QED) is 0.677. The van der Waals surface area contributed by atoms with Gasteiger partial charge in [0.1, 0.15) is 0 Å². The van der Waals surface area contributed by atoms with Gasteiger partial charge in [-0.25, -0.2) is 4.79 Å². The van der Waals surface area contributed by atoms with Gasteiger partial charge in [0.25, 0.3) is 5.91 Å². The number of fused-ring (bicyclic) bond motifs is 1. The molecule has 3 heterocycles. The molecular formula is C18H16N6O2. The van der Waals surface area contributed by atoms with E-state index in [1.807, 2.05) is 30.3 Å². The molecule has 3 N–H and O–H groups in total. The summed E-state index contributed by atoms with van der Waals surface area (Å²) in [7, 11) is 0. The fourth-order valence-corrected chi connectivity index (χ4v) is 2.79. The van der Waals surface area contributed by atoms with Crippen LogP contribution in [0.15, 0.2) is 54.9 Å². The highest BCUT2D eigenvalue weighted by molar-refractivity contribution is 6.04. The van der Waals surface area contributed by atoms with E-state index in [0.717, 1.165) is 16.9 Å². The molecule has 8 heteroatoms. The van der Waals surface area contributed by atoms with Crippen LogP contribution in [0.25, 0.3) is 0 Å². The van der Waals surface area contributed by atoms with E-state index in [1.165, 1.54) is 6.20 Å². The minimum Gasteiger partial charge on any atom is -0.314 e. The largest absolute Gasteiger partial charge is 0.322 e. The van der Waals surface area contributed by atoms with Crippen molar-refractivity contribution < 1.29 is 9.59 Å². The number of nitrogens with zero attached hydrogens (tertiary/aromatic N) is 3. The number of H-pyrrole nitrogens is 1. The first-order chi connectivity index (χ1) is 12.7. The van der Waals surface area contributed by atoms with Crippen LogP contribution < -0.4 is 10.6 Å². The van der Waals surface area contributed by atoms with Gasteiger partial charge >= 0.3 is 6.03 Å². The molecule has 0 fully saturated rings. The summed E-state index contributed by atoms with van der Waals surface area (Å²) in [5, 5.41) is 12.7. The SMILES string of the molecule is O=C(Nc1n[nH]c2c1CN(C(=O)Nc1ccccc1)C2)c1cccnc1. The van der Waals surface area contributed by atoms with E-state index in [9.17, 15) is 9.59 Å². The van der Waals surface area contributed by atoms with E-state index in [4.69, 9.17) is 0 Å². The van der Waals surface area contributed by atoms with Crippen molar-refractivity contribution in [1.29, 1.82) is 0 Å². The lowest BCUT2D eigenvalue weighted by Crippen LogP contribution is -2.30. The number of pyridine rings is 1. The summed E-state index contributed by atoms with van der Waals surface area (Å²) in [4.78, 5) is 30.3. The molecule has 4 rings (SSSR count). The van der Waals surface area contributed by atoms with Gasteiger partial charge in [-0.1, -0.05) is 18.2 Å². The predicted molar refractivity (Wildman–Crippen MR) is 95.5 cm³/mol. The van der Waals surface area contributed by atoms with Crippen LogP contribution in [0.5, 0.6) is 0 Å². The Morgan fingerprint density at radius 1 is 1.04 bits per heavy atom. The van der Waals surface area contributed by atoms with Crippen LogP contribution in [-0.2, 0) is 13.1 Å². The van der Waals surface area contributed by atoms with Crippen molar-refractivity contribution in [3.63, 3.8) is 0 Å². The molecule has 3 aromatic rings. The molecule has 130 valence electrons. The summed E-state index contributed by atoms with van der Waals surface area (Å²) in [6.07, 6.45) is 3.09. The molecule has 0 saturated heterocycles. The molecule has 0 radical (unpaired) electrons. The van der Waals surface area contributed by atoms with Crippen molar-refractivity contribution in [1.82, 2.24) is 20.1 Å². The summed E-state index contributed by atoms with van der Waals surface area (Å²) < 4.78 is 0. The van der Waals surface area contributed by atoms with Gasteiger partial charge in [0.15, 0.2) is 5.82 Å². The number of aromatic amines is 1. The standard InChI is InChI=1S/C18H16N6O2/c25-17(12-5-4-8-19-9-12)21-16-14-10-24(11-15(14)22-23-16)18(26)20-13-6-2-1-3-7-13/h1-9H,10-11H2,(H,20,26)(H2,21,22,23,25). The highest BCUT2D eigenvalue weighted by Gasteiger charge is 2.29. The lowest BCUT2D eigenvalue weighted by Gasteiger charge is -2.16. The molecule has 1 aromatic carbocycles. The second-order valence-corrected chi connectivity index (χ2v) is 5.88. The number of amides is 3. The molecule has 26 heavy (non-hydrogen) atoms. The third-order valence-electron chi connectivity index (χ3n) is 4.12. The molecule has 0 saturated carbocycles. The summed E-state index contributed by atoms with van der Waals surface area (Å²) in [6, 6.07) is 12.4. The van der Waals surface area contributed by atoms with Crippen LogP contribution in [0.2, 0.25) is 0 Å². The van der Waals surface area contributed by atoms with Crippen LogP contribution in [0, 0.1) is 0 Å². The maximum atomic E-state index is 12.4.